The maximum absolute atomic E-state index is 11.2. The van der Waals surface area contributed by atoms with Gasteiger partial charge in [-0.05, 0) is 14.1 Å². The maximum atomic E-state index is 11.2. The van der Waals surface area contributed by atoms with Crippen LogP contribution >= 0.6 is 0 Å². The first-order valence-corrected chi connectivity index (χ1v) is 4.37. The molecule has 6 heteroatoms. The Balaban J connectivity index is 3.78. The number of nitrogens with zero attached hydrogens (tertiary/aromatic N) is 1. The number of carbonyl (C=O) groups excluding carboxylic acids is 2. The number of carbonyl (C=O) groups is 2. The van der Waals surface area contributed by atoms with E-state index in [0.717, 1.165) is 0 Å². The molecule has 0 aliphatic rings. The Bertz CT molecular complexity index is 206. The van der Waals surface area contributed by atoms with Crippen LogP contribution in [0, 0.1) is 0 Å². The standard InChI is InChI=1S/C8H17N3O3/c1-4-7(12)14-10-8(13)6(9)5-11(2)3/h6H,4-5,9H2,1-3H3,(H,10,13)/t6-/m0/s1. The second kappa shape index (κ2) is 6.33. The average Bonchev–Trinajstić information content (AvgIpc) is 2.12. The molecule has 82 valence electrons. The van der Waals surface area contributed by atoms with Crippen molar-refractivity contribution in [2.75, 3.05) is 20.6 Å². The highest BCUT2D eigenvalue weighted by Crippen LogP contribution is 1.85. The molecule has 14 heavy (non-hydrogen) atoms. The van der Waals surface area contributed by atoms with Crippen molar-refractivity contribution in [2.24, 2.45) is 5.73 Å². The van der Waals surface area contributed by atoms with Crippen molar-refractivity contribution < 1.29 is 14.4 Å². The number of amides is 1. The second-order valence-electron chi connectivity index (χ2n) is 3.16. The van der Waals surface area contributed by atoms with Crippen LogP contribution in [-0.2, 0) is 14.4 Å². The van der Waals surface area contributed by atoms with E-state index in [1.165, 1.54) is 0 Å². The van der Waals surface area contributed by atoms with Gasteiger partial charge in [-0.25, -0.2) is 4.79 Å². The number of hydrogen-bond acceptors (Lipinski definition) is 5. The third-order valence-electron chi connectivity index (χ3n) is 1.45. The zero-order chi connectivity index (χ0) is 11.1. The smallest absolute Gasteiger partial charge is 0.331 e. The van der Waals surface area contributed by atoms with Gasteiger partial charge >= 0.3 is 5.97 Å². The Morgan fingerprint density at radius 2 is 2.07 bits per heavy atom. The molecule has 0 aromatic rings. The predicted octanol–water partition coefficient (Wildman–Crippen LogP) is -1.14. The molecule has 0 unspecified atom stereocenters. The van der Waals surface area contributed by atoms with Crippen molar-refractivity contribution in [2.45, 2.75) is 19.4 Å². The van der Waals surface area contributed by atoms with Gasteiger partial charge in [-0.2, -0.15) is 5.48 Å². The van der Waals surface area contributed by atoms with Gasteiger partial charge in [-0.1, -0.05) is 6.92 Å². The quantitative estimate of drug-likeness (QED) is 0.564. The number of rotatable bonds is 4. The highest BCUT2D eigenvalue weighted by atomic mass is 16.7. The molecule has 0 bridgehead atoms. The summed E-state index contributed by atoms with van der Waals surface area (Å²) < 4.78 is 0. The van der Waals surface area contributed by atoms with Crippen LogP contribution in [0.4, 0.5) is 0 Å². The zero-order valence-corrected chi connectivity index (χ0v) is 8.74. The summed E-state index contributed by atoms with van der Waals surface area (Å²) in [6, 6.07) is -0.699. The largest absolute Gasteiger partial charge is 0.341 e. The number of likely N-dealkylation sites (N-methyl/N-ethyl adjacent to an activating group) is 1. The molecule has 0 aliphatic heterocycles. The van der Waals surface area contributed by atoms with Crippen molar-refractivity contribution in [3.05, 3.63) is 0 Å². The van der Waals surface area contributed by atoms with Crippen LogP contribution < -0.4 is 11.2 Å². The van der Waals surface area contributed by atoms with Gasteiger partial charge in [0, 0.05) is 13.0 Å². The molecule has 0 rings (SSSR count). The molecule has 0 aromatic heterocycles. The Morgan fingerprint density at radius 1 is 1.50 bits per heavy atom. The molecular formula is C8H17N3O3. The van der Waals surface area contributed by atoms with Gasteiger partial charge in [0.05, 0.1) is 6.04 Å². The molecular weight excluding hydrogens is 186 g/mol. The molecule has 1 atom stereocenters. The topological polar surface area (TPSA) is 84.7 Å². The Kier molecular flexibility index (Phi) is 5.82. The van der Waals surface area contributed by atoms with Crippen LogP contribution in [0.25, 0.3) is 0 Å². The van der Waals surface area contributed by atoms with Crippen LogP contribution in [-0.4, -0.2) is 43.5 Å². The second-order valence-corrected chi connectivity index (χ2v) is 3.16. The van der Waals surface area contributed by atoms with Gasteiger partial charge in [0.15, 0.2) is 0 Å². The van der Waals surface area contributed by atoms with E-state index in [-0.39, 0.29) is 6.42 Å². The van der Waals surface area contributed by atoms with Crippen molar-refractivity contribution in [3.8, 4) is 0 Å². The summed E-state index contributed by atoms with van der Waals surface area (Å²) in [4.78, 5) is 28.0. The first-order valence-electron chi connectivity index (χ1n) is 4.37. The lowest BCUT2D eigenvalue weighted by Crippen LogP contribution is -2.46. The van der Waals surface area contributed by atoms with Crippen LogP contribution in [0.5, 0.6) is 0 Å². The van der Waals surface area contributed by atoms with Crippen LogP contribution in [0.1, 0.15) is 13.3 Å². The van der Waals surface area contributed by atoms with Gasteiger partial charge in [-0.15, -0.1) is 0 Å². The van der Waals surface area contributed by atoms with E-state index in [4.69, 9.17) is 5.73 Å². The first kappa shape index (κ1) is 12.9. The van der Waals surface area contributed by atoms with Crippen molar-refractivity contribution >= 4 is 11.9 Å². The van der Waals surface area contributed by atoms with Gasteiger partial charge in [0.1, 0.15) is 0 Å². The minimum absolute atomic E-state index is 0.212. The molecule has 0 radical (unpaired) electrons. The fourth-order valence-electron chi connectivity index (χ4n) is 0.731. The van der Waals surface area contributed by atoms with Gasteiger partial charge in [0.2, 0.25) is 0 Å². The third-order valence-corrected chi connectivity index (χ3v) is 1.45. The van der Waals surface area contributed by atoms with E-state index in [1.807, 2.05) is 5.48 Å². The van der Waals surface area contributed by atoms with Crippen LogP contribution in [0.2, 0.25) is 0 Å². The summed E-state index contributed by atoms with van der Waals surface area (Å²) in [5.41, 5.74) is 7.50. The first-order chi connectivity index (χ1) is 6.47. The zero-order valence-electron chi connectivity index (χ0n) is 8.74. The van der Waals surface area contributed by atoms with Gasteiger partial charge in [-0.3, -0.25) is 4.79 Å². The summed E-state index contributed by atoms with van der Waals surface area (Å²) in [5.74, 6) is -0.990. The van der Waals surface area contributed by atoms with Crippen LogP contribution in [0.3, 0.4) is 0 Å². The van der Waals surface area contributed by atoms with E-state index in [1.54, 1.807) is 25.9 Å². The normalized spacial score (nSPS) is 12.4. The summed E-state index contributed by atoms with van der Waals surface area (Å²) in [7, 11) is 3.59. The molecule has 6 nitrogen and oxygen atoms in total. The molecule has 0 aliphatic carbocycles. The molecule has 0 spiro atoms. The minimum atomic E-state index is -0.699. The van der Waals surface area contributed by atoms with E-state index in [2.05, 4.69) is 4.84 Å². The molecule has 3 N–H and O–H groups in total. The third kappa shape index (κ3) is 5.50. The Labute approximate surface area is 83.3 Å². The van der Waals surface area contributed by atoms with E-state index < -0.39 is 17.9 Å². The summed E-state index contributed by atoms with van der Waals surface area (Å²) in [5, 5.41) is 0. The molecule has 0 heterocycles. The number of hydroxylamine groups is 1. The van der Waals surface area contributed by atoms with Gasteiger partial charge in [0.25, 0.3) is 5.91 Å². The van der Waals surface area contributed by atoms with Crippen LogP contribution in [0.15, 0.2) is 0 Å². The SMILES string of the molecule is CCC(=O)ONC(=O)[C@@H](N)CN(C)C. The van der Waals surface area contributed by atoms with Gasteiger partial charge < -0.3 is 15.5 Å². The van der Waals surface area contributed by atoms with E-state index >= 15 is 0 Å². The Hall–Kier alpha value is -1.14. The summed E-state index contributed by atoms with van der Waals surface area (Å²) >= 11 is 0. The predicted molar refractivity (Wildman–Crippen MR) is 51.1 cm³/mol. The van der Waals surface area contributed by atoms with E-state index in [0.29, 0.717) is 6.54 Å². The highest BCUT2D eigenvalue weighted by Gasteiger charge is 2.15. The molecule has 0 aromatic carbocycles. The Morgan fingerprint density at radius 3 is 2.50 bits per heavy atom. The molecule has 0 saturated heterocycles. The number of hydrogen-bond donors (Lipinski definition) is 2. The fourth-order valence-corrected chi connectivity index (χ4v) is 0.731. The van der Waals surface area contributed by atoms with Crippen molar-refractivity contribution in [3.63, 3.8) is 0 Å². The van der Waals surface area contributed by atoms with Crippen molar-refractivity contribution in [1.82, 2.24) is 10.4 Å². The lowest BCUT2D eigenvalue weighted by atomic mass is 10.3. The molecule has 1 amide bonds. The lowest BCUT2D eigenvalue weighted by molar-refractivity contribution is -0.158. The molecule has 0 saturated carbocycles. The lowest BCUT2D eigenvalue weighted by Gasteiger charge is -2.15. The fraction of sp³-hybridized carbons (Fsp3) is 0.750. The monoisotopic (exact) mass is 203 g/mol. The number of nitrogens with two attached hydrogens (primary N) is 1. The van der Waals surface area contributed by atoms with Crippen molar-refractivity contribution in [1.29, 1.82) is 0 Å². The number of nitrogens with one attached hydrogen (secondary N) is 1. The maximum Gasteiger partial charge on any atom is 0.331 e. The van der Waals surface area contributed by atoms with E-state index in [9.17, 15) is 9.59 Å². The highest BCUT2D eigenvalue weighted by molar-refractivity contribution is 5.82. The average molecular weight is 203 g/mol. The summed E-state index contributed by atoms with van der Waals surface area (Å²) in [6.07, 6.45) is 0.212. The minimum Gasteiger partial charge on any atom is -0.341 e. The molecule has 0 fully saturated rings. The summed E-state index contributed by atoms with van der Waals surface area (Å²) in [6.45, 7) is 2.03.